The number of methoxy groups -OCH3 is 1. The predicted molar refractivity (Wildman–Crippen MR) is 78.3 cm³/mol. The van der Waals surface area contributed by atoms with Crippen LogP contribution in [0.15, 0.2) is 12.1 Å². The molecular weight excluding hydrogens is 254 g/mol. The number of ether oxygens (including phenoxy) is 1. The number of aryl methyl sites for hydroxylation is 2. The number of rotatable bonds is 6. The van der Waals surface area contributed by atoms with Gasteiger partial charge in [0.05, 0.1) is 19.1 Å². The molecule has 0 spiro atoms. The number of amides is 1. The second kappa shape index (κ2) is 7.51. The first-order valence-corrected chi connectivity index (χ1v) is 6.53. The minimum Gasteiger partial charge on any atom is -0.398 e. The van der Waals surface area contributed by atoms with Gasteiger partial charge in [0.2, 0.25) is 0 Å². The lowest BCUT2D eigenvalue weighted by atomic mass is 10.0. The lowest BCUT2D eigenvalue weighted by Gasteiger charge is -2.22. The summed E-state index contributed by atoms with van der Waals surface area (Å²) in [4.78, 5) is 14.2. The maximum atomic E-state index is 12.5. The molecule has 0 aliphatic heterocycles. The van der Waals surface area contributed by atoms with E-state index in [-0.39, 0.29) is 5.91 Å². The number of benzene rings is 1. The number of nitriles is 1. The molecule has 1 aromatic carbocycles. The van der Waals surface area contributed by atoms with Crippen LogP contribution in [0.3, 0.4) is 0 Å². The molecule has 0 radical (unpaired) electrons. The van der Waals surface area contributed by atoms with Crippen LogP contribution < -0.4 is 5.73 Å². The average Bonchev–Trinajstić information content (AvgIpc) is 2.42. The van der Waals surface area contributed by atoms with Crippen LogP contribution in [0.25, 0.3) is 0 Å². The minimum atomic E-state index is -0.110. The second-order valence-electron chi connectivity index (χ2n) is 4.72. The van der Waals surface area contributed by atoms with Crippen molar-refractivity contribution in [3.8, 4) is 6.07 Å². The van der Waals surface area contributed by atoms with Gasteiger partial charge in [-0.05, 0) is 31.0 Å². The van der Waals surface area contributed by atoms with Crippen molar-refractivity contribution < 1.29 is 9.53 Å². The van der Waals surface area contributed by atoms with Crippen LogP contribution in [0.1, 0.15) is 27.9 Å². The number of nitrogens with zero attached hydrogens (tertiary/aromatic N) is 2. The van der Waals surface area contributed by atoms with Gasteiger partial charge < -0.3 is 15.4 Å². The van der Waals surface area contributed by atoms with E-state index in [1.807, 2.05) is 19.9 Å². The molecule has 0 heterocycles. The monoisotopic (exact) mass is 275 g/mol. The molecule has 1 rings (SSSR count). The largest absolute Gasteiger partial charge is 0.398 e. The SMILES string of the molecule is COCCN(CCC#N)C(=O)c1cc(N)c(C)cc1C. The third-order valence-corrected chi connectivity index (χ3v) is 3.19. The number of nitrogens with two attached hydrogens (primary N) is 1. The van der Waals surface area contributed by atoms with Gasteiger partial charge in [0.1, 0.15) is 0 Å². The van der Waals surface area contributed by atoms with Crippen LogP contribution in [-0.2, 0) is 4.74 Å². The fourth-order valence-corrected chi connectivity index (χ4v) is 1.97. The highest BCUT2D eigenvalue weighted by molar-refractivity contribution is 5.96. The van der Waals surface area contributed by atoms with Crippen LogP contribution in [0.2, 0.25) is 0 Å². The lowest BCUT2D eigenvalue weighted by Crippen LogP contribution is -2.35. The molecule has 2 N–H and O–H groups in total. The smallest absolute Gasteiger partial charge is 0.254 e. The maximum absolute atomic E-state index is 12.5. The molecule has 5 nitrogen and oxygen atoms in total. The lowest BCUT2D eigenvalue weighted by molar-refractivity contribution is 0.0699. The average molecular weight is 275 g/mol. The highest BCUT2D eigenvalue weighted by Gasteiger charge is 2.18. The summed E-state index contributed by atoms with van der Waals surface area (Å²) in [6.07, 6.45) is 0.301. The van der Waals surface area contributed by atoms with Crippen molar-refractivity contribution in [2.45, 2.75) is 20.3 Å². The Morgan fingerprint density at radius 3 is 2.65 bits per heavy atom. The summed E-state index contributed by atoms with van der Waals surface area (Å²) in [5.41, 5.74) is 8.92. The molecule has 5 heteroatoms. The van der Waals surface area contributed by atoms with E-state index < -0.39 is 0 Å². The third kappa shape index (κ3) is 3.97. The quantitative estimate of drug-likeness (QED) is 0.804. The van der Waals surface area contributed by atoms with Gasteiger partial charge >= 0.3 is 0 Å². The van der Waals surface area contributed by atoms with Crippen molar-refractivity contribution in [2.24, 2.45) is 0 Å². The van der Waals surface area contributed by atoms with Gasteiger partial charge in [0, 0.05) is 31.5 Å². The number of hydrogen-bond acceptors (Lipinski definition) is 4. The Bertz CT molecular complexity index is 521. The van der Waals surface area contributed by atoms with Gasteiger partial charge in [-0.3, -0.25) is 4.79 Å². The van der Waals surface area contributed by atoms with E-state index >= 15 is 0 Å². The van der Waals surface area contributed by atoms with Crippen molar-refractivity contribution >= 4 is 11.6 Å². The Kier molecular flexibility index (Phi) is 6.01. The molecule has 1 amide bonds. The summed E-state index contributed by atoms with van der Waals surface area (Å²) in [6, 6.07) is 5.67. The standard InChI is InChI=1S/C15H21N3O2/c1-11-9-12(2)14(17)10-13(11)15(19)18(6-4-5-16)7-8-20-3/h9-10H,4,6-8,17H2,1-3H3. The molecule has 0 atom stereocenters. The fraction of sp³-hybridized carbons (Fsp3) is 0.467. The van der Waals surface area contributed by atoms with Crippen molar-refractivity contribution in [1.82, 2.24) is 4.90 Å². The maximum Gasteiger partial charge on any atom is 0.254 e. The molecule has 0 aromatic heterocycles. The predicted octanol–water partition coefficient (Wildman–Crippen LogP) is 1.89. The Labute approximate surface area is 119 Å². The summed E-state index contributed by atoms with van der Waals surface area (Å²) < 4.78 is 5.01. The summed E-state index contributed by atoms with van der Waals surface area (Å²) in [5.74, 6) is -0.110. The molecule has 0 aliphatic carbocycles. The van der Waals surface area contributed by atoms with E-state index in [0.29, 0.717) is 37.4 Å². The first kappa shape index (κ1) is 16.0. The summed E-state index contributed by atoms with van der Waals surface area (Å²) >= 11 is 0. The van der Waals surface area contributed by atoms with Crippen LogP contribution in [0.4, 0.5) is 5.69 Å². The molecule has 0 fully saturated rings. The Morgan fingerprint density at radius 1 is 1.35 bits per heavy atom. The number of carbonyl (C=O) groups is 1. The van der Waals surface area contributed by atoms with E-state index in [2.05, 4.69) is 6.07 Å². The Morgan fingerprint density at radius 2 is 2.05 bits per heavy atom. The van der Waals surface area contributed by atoms with Crippen molar-refractivity contribution in [3.63, 3.8) is 0 Å². The van der Waals surface area contributed by atoms with Gasteiger partial charge in [0.15, 0.2) is 0 Å². The van der Waals surface area contributed by atoms with Crippen LogP contribution in [0.5, 0.6) is 0 Å². The summed E-state index contributed by atoms with van der Waals surface area (Å²) in [5, 5.41) is 8.69. The van der Waals surface area contributed by atoms with Crippen LogP contribution in [-0.4, -0.2) is 37.6 Å². The van der Waals surface area contributed by atoms with Gasteiger partial charge in [0.25, 0.3) is 5.91 Å². The van der Waals surface area contributed by atoms with Crippen LogP contribution in [0, 0.1) is 25.2 Å². The van der Waals surface area contributed by atoms with Crippen molar-refractivity contribution in [3.05, 3.63) is 28.8 Å². The molecule has 0 saturated carbocycles. The summed E-state index contributed by atoms with van der Waals surface area (Å²) in [6.45, 7) is 5.10. The molecular formula is C15H21N3O2. The van der Waals surface area contributed by atoms with Crippen LogP contribution >= 0.6 is 0 Å². The zero-order valence-corrected chi connectivity index (χ0v) is 12.3. The number of nitrogen functional groups attached to an aromatic ring is 1. The van der Waals surface area contributed by atoms with E-state index in [1.165, 1.54) is 0 Å². The molecule has 0 bridgehead atoms. The normalized spacial score (nSPS) is 10.1. The highest BCUT2D eigenvalue weighted by atomic mass is 16.5. The number of anilines is 1. The molecule has 0 saturated heterocycles. The van der Waals surface area contributed by atoms with Crippen molar-refractivity contribution in [2.75, 3.05) is 32.5 Å². The summed E-state index contributed by atoms with van der Waals surface area (Å²) in [7, 11) is 1.59. The first-order chi connectivity index (χ1) is 9.51. The Hall–Kier alpha value is -2.06. The zero-order chi connectivity index (χ0) is 15.1. The van der Waals surface area contributed by atoms with Crippen molar-refractivity contribution in [1.29, 1.82) is 5.26 Å². The minimum absolute atomic E-state index is 0.110. The fourth-order valence-electron chi connectivity index (χ4n) is 1.97. The molecule has 108 valence electrons. The van der Waals surface area contributed by atoms with Gasteiger partial charge in [-0.15, -0.1) is 0 Å². The number of hydrogen-bond donors (Lipinski definition) is 1. The molecule has 20 heavy (non-hydrogen) atoms. The molecule has 1 aromatic rings. The van der Waals surface area contributed by atoms with E-state index in [0.717, 1.165) is 11.1 Å². The molecule has 0 aliphatic rings. The van der Waals surface area contributed by atoms with E-state index in [4.69, 9.17) is 15.7 Å². The van der Waals surface area contributed by atoms with E-state index in [1.54, 1.807) is 18.1 Å². The topological polar surface area (TPSA) is 79.3 Å². The second-order valence-corrected chi connectivity index (χ2v) is 4.72. The van der Waals surface area contributed by atoms with Gasteiger partial charge in [-0.25, -0.2) is 0 Å². The van der Waals surface area contributed by atoms with E-state index in [9.17, 15) is 4.79 Å². The zero-order valence-electron chi connectivity index (χ0n) is 12.3. The highest BCUT2D eigenvalue weighted by Crippen LogP contribution is 2.19. The molecule has 0 unspecified atom stereocenters. The Balaban J connectivity index is 2.99. The third-order valence-electron chi connectivity index (χ3n) is 3.19. The first-order valence-electron chi connectivity index (χ1n) is 6.53. The number of carbonyl (C=O) groups excluding carboxylic acids is 1. The van der Waals surface area contributed by atoms with Gasteiger partial charge in [-0.2, -0.15) is 5.26 Å². The van der Waals surface area contributed by atoms with Gasteiger partial charge in [-0.1, -0.05) is 6.07 Å².